The lowest BCUT2D eigenvalue weighted by Gasteiger charge is -2.30. The molecule has 1 atom stereocenters. The summed E-state index contributed by atoms with van der Waals surface area (Å²) >= 11 is 0. The summed E-state index contributed by atoms with van der Waals surface area (Å²) in [6.07, 6.45) is 0. The van der Waals surface area contributed by atoms with Gasteiger partial charge in [-0.25, -0.2) is 4.68 Å². The molecule has 3 rings (SSSR count). The lowest BCUT2D eigenvalue weighted by Crippen LogP contribution is -2.43. The molecule has 156 valence electrons. The monoisotopic (exact) mass is 405 g/mol. The average molecular weight is 405 g/mol. The summed E-state index contributed by atoms with van der Waals surface area (Å²) in [7, 11) is 1.61. The number of aromatic nitrogens is 2. The Morgan fingerprint density at radius 1 is 1.00 bits per heavy atom. The zero-order chi connectivity index (χ0) is 21.7. The van der Waals surface area contributed by atoms with Crippen LogP contribution >= 0.6 is 0 Å². The van der Waals surface area contributed by atoms with Crippen LogP contribution in [0.1, 0.15) is 32.4 Å². The number of nitrogens with zero attached hydrogens (tertiary/aromatic N) is 3. The molecule has 30 heavy (non-hydrogen) atoms. The van der Waals surface area contributed by atoms with Crippen molar-refractivity contribution < 1.29 is 9.53 Å². The first-order valence-corrected chi connectivity index (χ1v) is 9.99. The summed E-state index contributed by atoms with van der Waals surface area (Å²) in [6, 6.07) is 19.6. The third-order valence-corrected chi connectivity index (χ3v) is 5.04. The molecule has 0 radical (unpaired) electrons. The molecule has 0 saturated carbocycles. The number of rotatable bonds is 7. The Morgan fingerprint density at radius 3 is 2.27 bits per heavy atom. The van der Waals surface area contributed by atoms with Crippen LogP contribution in [-0.2, 0) is 11.3 Å². The Labute approximate surface area is 176 Å². The zero-order valence-electron chi connectivity index (χ0n) is 17.8. The van der Waals surface area contributed by atoms with Crippen LogP contribution in [0.25, 0.3) is 11.3 Å². The predicted molar refractivity (Wildman–Crippen MR) is 117 cm³/mol. The quantitative estimate of drug-likeness (QED) is 0.598. The Balaban J connectivity index is 1.89. The number of hydrogen-bond donors (Lipinski definition) is 0. The molecule has 0 saturated heterocycles. The van der Waals surface area contributed by atoms with Gasteiger partial charge in [0.15, 0.2) is 0 Å². The molecule has 2 aromatic carbocycles. The molecule has 1 aromatic heterocycles. The van der Waals surface area contributed by atoms with Gasteiger partial charge in [-0.2, -0.15) is 5.10 Å². The van der Waals surface area contributed by atoms with E-state index in [0.717, 1.165) is 16.9 Å². The predicted octanol–water partition coefficient (Wildman–Crippen LogP) is 3.92. The maximum Gasteiger partial charge on any atom is 0.267 e. The van der Waals surface area contributed by atoms with Crippen molar-refractivity contribution in [2.24, 2.45) is 0 Å². The molecule has 0 aliphatic carbocycles. The Hall–Kier alpha value is -3.41. The van der Waals surface area contributed by atoms with Gasteiger partial charge in [-0.05, 0) is 56.7 Å². The first-order valence-electron chi connectivity index (χ1n) is 9.99. The van der Waals surface area contributed by atoms with Gasteiger partial charge in [-0.1, -0.05) is 30.3 Å². The van der Waals surface area contributed by atoms with Gasteiger partial charge in [-0.3, -0.25) is 9.59 Å². The summed E-state index contributed by atoms with van der Waals surface area (Å²) in [5, 5.41) is 4.48. The van der Waals surface area contributed by atoms with E-state index in [1.54, 1.807) is 25.0 Å². The fourth-order valence-electron chi connectivity index (χ4n) is 3.26. The van der Waals surface area contributed by atoms with E-state index in [2.05, 4.69) is 5.10 Å². The second-order valence-corrected chi connectivity index (χ2v) is 7.45. The lowest BCUT2D eigenvalue weighted by atomic mass is 10.1. The van der Waals surface area contributed by atoms with Crippen molar-refractivity contribution in [1.29, 1.82) is 0 Å². The van der Waals surface area contributed by atoms with Gasteiger partial charge in [0.25, 0.3) is 5.56 Å². The fourth-order valence-corrected chi connectivity index (χ4v) is 3.26. The van der Waals surface area contributed by atoms with Crippen molar-refractivity contribution in [3.8, 4) is 17.0 Å². The Morgan fingerprint density at radius 2 is 1.67 bits per heavy atom. The molecule has 0 aliphatic rings. The molecular weight excluding hydrogens is 378 g/mol. The van der Waals surface area contributed by atoms with Gasteiger partial charge in [-0.15, -0.1) is 0 Å². The van der Waals surface area contributed by atoms with Gasteiger partial charge in [0, 0.05) is 24.2 Å². The maximum atomic E-state index is 13.3. The smallest absolute Gasteiger partial charge is 0.267 e. The summed E-state index contributed by atoms with van der Waals surface area (Å²) in [5.41, 5.74) is 2.20. The molecule has 1 amide bonds. The first kappa shape index (κ1) is 21.3. The number of ether oxygens (including phenoxy) is 1. The van der Waals surface area contributed by atoms with Gasteiger partial charge in [0.1, 0.15) is 11.8 Å². The summed E-state index contributed by atoms with van der Waals surface area (Å²) < 4.78 is 6.46. The first-order chi connectivity index (χ1) is 14.4. The van der Waals surface area contributed by atoms with Crippen LogP contribution < -0.4 is 10.3 Å². The molecule has 0 aliphatic heterocycles. The van der Waals surface area contributed by atoms with Gasteiger partial charge >= 0.3 is 0 Å². The second-order valence-electron chi connectivity index (χ2n) is 7.45. The largest absolute Gasteiger partial charge is 0.497 e. The van der Waals surface area contributed by atoms with E-state index in [4.69, 9.17) is 4.74 Å². The van der Waals surface area contributed by atoms with E-state index in [-0.39, 0.29) is 17.5 Å². The van der Waals surface area contributed by atoms with Crippen molar-refractivity contribution >= 4 is 5.91 Å². The molecule has 0 spiro atoms. The van der Waals surface area contributed by atoms with Crippen LogP contribution in [0.15, 0.2) is 71.5 Å². The fraction of sp³-hybridized carbons (Fsp3) is 0.292. The van der Waals surface area contributed by atoms with Gasteiger partial charge in [0.2, 0.25) is 5.91 Å². The highest BCUT2D eigenvalue weighted by Crippen LogP contribution is 2.21. The zero-order valence-corrected chi connectivity index (χ0v) is 17.8. The highest BCUT2D eigenvalue weighted by atomic mass is 16.5. The minimum Gasteiger partial charge on any atom is -0.497 e. The van der Waals surface area contributed by atoms with Crippen LogP contribution in [0, 0.1) is 0 Å². The Bertz CT molecular complexity index is 1040. The molecule has 0 fully saturated rings. The molecule has 1 heterocycles. The summed E-state index contributed by atoms with van der Waals surface area (Å²) in [6.45, 7) is 6.14. The van der Waals surface area contributed by atoms with Crippen LogP contribution in [0.3, 0.4) is 0 Å². The van der Waals surface area contributed by atoms with Crippen molar-refractivity contribution in [2.75, 3.05) is 7.11 Å². The normalized spacial score (nSPS) is 11.9. The van der Waals surface area contributed by atoms with Gasteiger partial charge < -0.3 is 9.64 Å². The van der Waals surface area contributed by atoms with Crippen LogP contribution in [0.5, 0.6) is 5.75 Å². The van der Waals surface area contributed by atoms with E-state index >= 15 is 0 Å². The van der Waals surface area contributed by atoms with E-state index in [0.29, 0.717) is 12.2 Å². The molecule has 6 heteroatoms. The van der Waals surface area contributed by atoms with E-state index in [1.165, 1.54) is 10.7 Å². The molecule has 3 aromatic rings. The molecule has 1 unspecified atom stereocenters. The van der Waals surface area contributed by atoms with Gasteiger partial charge in [0.05, 0.1) is 12.8 Å². The highest BCUT2D eigenvalue weighted by molar-refractivity contribution is 5.80. The lowest BCUT2D eigenvalue weighted by molar-refractivity contribution is -0.137. The third kappa shape index (κ3) is 4.76. The number of carbonyl (C=O) groups is 1. The second kappa shape index (κ2) is 9.39. The van der Waals surface area contributed by atoms with Crippen molar-refractivity contribution in [2.45, 2.75) is 39.4 Å². The number of hydrogen-bond acceptors (Lipinski definition) is 4. The molecule has 0 bridgehead atoms. The third-order valence-electron chi connectivity index (χ3n) is 5.04. The number of benzene rings is 2. The number of methoxy groups -OCH3 is 1. The summed E-state index contributed by atoms with van der Waals surface area (Å²) in [5.74, 6) is 0.597. The Kier molecular flexibility index (Phi) is 6.67. The molecule has 6 nitrogen and oxygen atoms in total. The SMILES string of the molecule is COc1ccc(-c2ccc(=O)n(C(C)C(=O)N(Cc3ccccc3)C(C)C)n2)cc1. The van der Waals surface area contributed by atoms with Crippen LogP contribution in [0.2, 0.25) is 0 Å². The average Bonchev–Trinajstić information content (AvgIpc) is 2.77. The van der Waals surface area contributed by atoms with Crippen LogP contribution in [-0.4, -0.2) is 33.7 Å². The van der Waals surface area contributed by atoms with Crippen molar-refractivity contribution in [3.05, 3.63) is 82.6 Å². The van der Waals surface area contributed by atoms with Crippen molar-refractivity contribution in [3.63, 3.8) is 0 Å². The number of amides is 1. The topological polar surface area (TPSA) is 64.4 Å². The van der Waals surface area contributed by atoms with Crippen molar-refractivity contribution in [1.82, 2.24) is 14.7 Å². The van der Waals surface area contributed by atoms with E-state index < -0.39 is 6.04 Å². The summed E-state index contributed by atoms with van der Waals surface area (Å²) in [4.78, 5) is 27.6. The number of carbonyl (C=O) groups excluding carboxylic acids is 1. The van der Waals surface area contributed by atoms with E-state index in [1.807, 2.05) is 68.4 Å². The van der Waals surface area contributed by atoms with Crippen LogP contribution in [0.4, 0.5) is 0 Å². The minimum absolute atomic E-state index is 0.0133. The highest BCUT2D eigenvalue weighted by Gasteiger charge is 2.26. The molecular formula is C24H27N3O3. The maximum absolute atomic E-state index is 13.3. The van der Waals surface area contributed by atoms with E-state index in [9.17, 15) is 9.59 Å². The molecule has 0 N–H and O–H groups in total. The standard InChI is InChI=1S/C24H27N3O3/c1-17(2)26(16-19-8-6-5-7-9-19)24(29)18(3)27-23(28)15-14-22(25-27)20-10-12-21(30-4)13-11-20/h5-15,17-18H,16H2,1-4H3. The minimum atomic E-state index is -0.721.